The van der Waals surface area contributed by atoms with Gasteiger partial charge in [0.2, 0.25) is 5.91 Å². The van der Waals surface area contributed by atoms with E-state index in [1.54, 1.807) is 0 Å². The molecule has 0 heterocycles. The number of rotatable bonds is 72. The van der Waals surface area contributed by atoms with Gasteiger partial charge in [0.15, 0.2) is 0 Å². The van der Waals surface area contributed by atoms with Gasteiger partial charge in [0.1, 0.15) is 0 Å². The minimum atomic E-state index is -0.661. The highest BCUT2D eigenvalue weighted by Crippen LogP contribution is 2.19. The summed E-state index contributed by atoms with van der Waals surface area (Å²) in [6, 6.07) is -0.538. The lowest BCUT2D eigenvalue weighted by Crippen LogP contribution is -2.45. The highest BCUT2D eigenvalue weighted by Gasteiger charge is 2.20. The van der Waals surface area contributed by atoms with Gasteiger partial charge >= 0.3 is 5.97 Å². The zero-order valence-corrected chi connectivity index (χ0v) is 56.9. The molecule has 84 heavy (non-hydrogen) atoms. The second-order valence-corrected chi connectivity index (χ2v) is 26.3. The van der Waals surface area contributed by atoms with Crippen LogP contribution >= 0.6 is 0 Å². The summed E-state index contributed by atoms with van der Waals surface area (Å²) in [5.41, 5.74) is 0. The maximum atomic E-state index is 12.5. The van der Waals surface area contributed by atoms with Crippen LogP contribution in [0, 0.1) is 0 Å². The lowest BCUT2D eigenvalue weighted by molar-refractivity contribution is -0.143. The molecule has 2 atom stereocenters. The lowest BCUT2D eigenvalue weighted by atomic mass is 10.0. The van der Waals surface area contributed by atoms with Gasteiger partial charge in [-0.15, -0.1) is 0 Å². The van der Waals surface area contributed by atoms with Crippen molar-refractivity contribution in [2.75, 3.05) is 13.2 Å². The lowest BCUT2D eigenvalue weighted by Gasteiger charge is -2.22. The van der Waals surface area contributed by atoms with Gasteiger partial charge in [-0.2, -0.15) is 0 Å². The maximum absolute atomic E-state index is 12.5. The monoisotopic (exact) mass is 1180 g/mol. The molecule has 496 valence electrons. The highest BCUT2D eigenvalue weighted by atomic mass is 16.5. The Bertz CT molecular complexity index is 1360. The first kappa shape index (κ1) is 82.1. The van der Waals surface area contributed by atoms with Gasteiger partial charge in [0.05, 0.1) is 25.4 Å². The van der Waals surface area contributed by atoms with Crippen LogP contribution in [0.25, 0.3) is 0 Å². The van der Waals surface area contributed by atoms with Crippen molar-refractivity contribution in [1.82, 2.24) is 5.32 Å². The van der Waals surface area contributed by atoms with Gasteiger partial charge in [-0.1, -0.05) is 365 Å². The number of carbonyl (C=O) groups is 2. The molecule has 0 aliphatic rings. The molecule has 0 aliphatic heterocycles. The normalized spacial score (nSPS) is 12.7. The van der Waals surface area contributed by atoms with E-state index in [1.807, 2.05) is 0 Å². The molecular formula is C78H149NO5. The van der Waals surface area contributed by atoms with Crippen molar-refractivity contribution in [3.05, 3.63) is 36.5 Å². The molecule has 1 amide bonds. The van der Waals surface area contributed by atoms with Crippen molar-refractivity contribution in [2.45, 2.75) is 437 Å². The molecule has 0 aromatic heterocycles. The van der Waals surface area contributed by atoms with E-state index in [2.05, 4.69) is 55.6 Å². The number of amides is 1. The molecule has 0 fully saturated rings. The van der Waals surface area contributed by atoms with Gasteiger partial charge in [0.25, 0.3) is 0 Å². The van der Waals surface area contributed by atoms with Crippen molar-refractivity contribution < 1.29 is 24.5 Å². The third kappa shape index (κ3) is 69.2. The Hall–Kier alpha value is -1.92. The van der Waals surface area contributed by atoms with Crippen LogP contribution < -0.4 is 5.32 Å². The largest absolute Gasteiger partial charge is 0.466 e. The number of hydrogen-bond donors (Lipinski definition) is 3. The summed E-state index contributed by atoms with van der Waals surface area (Å²) in [5, 5.41) is 23.3. The second-order valence-electron chi connectivity index (χ2n) is 26.3. The molecule has 0 saturated carbocycles. The fraction of sp³-hybridized carbons (Fsp3) is 0.897. The summed E-state index contributed by atoms with van der Waals surface area (Å²) in [4.78, 5) is 24.6. The molecule has 0 rings (SSSR count). The smallest absolute Gasteiger partial charge is 0.305 e. The van der Waals surface area contributed by atoms with Crippen LogP contribution in [0.4, 0.5) is 0 Å². The first-order valence-electron chi connectivity index (χ1n) is 38.2. The molecule has 0 radical (unpaired) electrons. The third-order valence-corrected chi connectivity index (χ3v) is 17.9. The van der Waals surface area contributed by atoms with Crippen molar-refractivity contribution >= 4 is 11.9 Å². The quantitative estimate of drug-likeness (QED) is 0.0320. The number of aliphatic hydroxyl groups is 2. The molecule has 0 bridgehead atoms. The van der Waals surface area contributed by atoms with Crippen molar-refractivity contribution in [3.63, 3.8) is 0 Å². The van der Waals surface area contributed by atoms with Crippen LogP contribution in [0.5, 0.6) is 0 Å². The van der Waals surface area contributed by atoms with E-state index < -0.39 is 12.1 Å². The Morgan fingerprint density at radius 2 is 0.595 bits per heavy atom. The van der Waals surface area contributed by atoms with E-state index in [1.165, 1.54) is 340 Å². The van der Waals surface area contributed by atoms with Gasteiger partial charge in [0, 0.05) is 12.8 Å². The average molecular weight is 1180 g/mol. The molecule has 0 spiro atoms. The summed E-state index contributed by atoms with van der Waals surface area (Å²) in [6.07, 6.45) is 95.2. The topological polar surface area (TPSA) is 95.9 Å². The second kappa shape index (κ2) is 73.5. The van der Waals surface area contributed by atoms with Gasteiger partial charge in [-0.25, -0.2) is 0 Å². The SMILES string of the molecule is CCCCC/C=C\C/C=C\CCCCCCCCCCCC(=O)OCCCCCCCCCCCCCCCC/C=C\CCCCCCCCCCCCCCCCCCCC(=O)NC(CO)C(O)CCCCCCCCCCCCCCC. The number of nitrogens with one attached hydrogen (secondary N) is 1. The first-order chi connectivity index (χ1) is 41.5. The van der Waals surface area contributed by atoms with Crippen LogP contribution in [-0.4, -0.2) is 47.4 Å². The number of allylic oxidation sites excluding steroid dienone is 6. The number of ether oxygens (including phenoxy) is 1. The number of unbranched alkanes of at least 4 members (excludes halogenated alkanes) is 55. The molecular weight excluding hydrogens is 1030 g/mol. The Morgan fingerprint density at radius 1 is 0.333 bits per heavy atom. The number of esters is 1. The highest BCUT2D eigenvalue weighted by molar-refractivity contribution is 5.76. The van der Waals surface area contributed by atoms with Crippen LogP contribution in [0.3, 0.4) is 0 Å². The molecule has 3 N–H and O–H groups in total. The van der Waals surface area contributed by atoms with E-state index in [9.17, 15) is 19.8 Å². The number of hydrogen-bond acceptors (Lipinski definition) is 5. The van der Waals surface area contributed by atoms with Crippen LogP contribution in [-0.2, 0) is 14.3 Å². The summed E-state index contributed by atoms with van der Waals surface area (Å²) in [7, 11) is 0. The summed E-state index contributed by atoms with van der Waals surface area (Å²) >= 11 is 0. The molecule has 0 aromatic rings. The van der Waals surface area contributed by atoms with Gasteiger partial charge in [-0.3, -0.25) is 9.59 Å². The Kier molecular flexibility index (Phi) is 71.9. The van der Waals surface area contributed by atoms with Crippen molar-refractivity contribution in [1.29, 1.82) is 0 Å². The third-order valence-electron chi connectivity index (χ3n) is 17.9. The Balaban J connectivity index is 3.32. The molecule has 0 aliphatic carbocycles. The minimum Gasteiger partial charge on any atom is -0.466 e. The molecule has 2 unspecified atom stereocenters. The van der Waals surface area contributed by atoms with Crippen molar-refractivity contribution in [2.24, 2.45) is 0 Å². The molecule has 0 aromatic carbocycles. The Labute approximate surface area is 525 Å². The predicted molar refractivity (Wildman–Crippen MR) is 370 cm³/mol. The first-order valence-corrected chi connectivity index (χ1v) is 38.2. The van der Waals surface area contributed by atoms with E-state index in [0.29, 0.717) is 25.9 Å². The molecule has 6 nitrogen and oxygen atoms in total. The summed E-state index contributed by atoms with van der Waals surface area (Å²) in [6.45, 7) is 4.96. The predicted octanol–water partition coefficient (Wildman–Crippen LogP) is 25.0. The van der Waals surface area contributed by atoms with Crippen LogP contribution in [0.1, 0.15) is 425 Å². The van der Waals surface area contributed by atoms with Crippen LogP contribution in [0.15, 0.2) is 36.5 Å². The molecule has 0 saturated heterocycles. The van der Waals surface area contributed by atoms with E-state index >= 15 is 0 Å². The number of carbonyl (C=O) groups excluding carboxylic acids is 2. The number of aliphatic hydroxyl groups excluding tert-OH is 2. The fourth-order valence-electron chi connectivity index (χ4n) is 12.1. The standard InChI is InChI=1S/C78H149NO5/c1-3-5-7-9-11-13-15-17-18-19-37-41-44-48-52-56-60-64-68-72-78(83)84-73-69-65-61-57-53-49-45-42-39-36-34-32-30-28-26-24-22-20-21-23-25-27-29-31-33-35-38-40-43-47-51-55-59-63-67-71-77(82)79-75(74-80)76(81)70-66-62-58-54-50-46-16-14-12-10-8-6-4-2/h11,13,17-18,22,24,75-76,80-81H,3-10,12,14-16,19-21,23,25-74H2,1-2H3,(H,79,82)/b13-11-,18-17-,24-22-. The minimum absolute atomic E-state index is 0.0170. The summed E-state index contributed by atoms with van der Waals surface area (Å²) in [5.74, 6) is -0.0123. The van der Waals surface area contributed by atoms with Gasteiger partial charge < -0.3 is 20.3 Å². The van der Waals surface area contributed by atoms with Crippen molar-refractivity contribution in [3.8, 4) is 0 Å². The van der Waals surface area contributed by atoms with E-state index in [4.69, 9.17) is 4.74 Å². The average Bonchev–Trinajstić information content (AvgIpc) is 3.54. The molecule has 6 heteroatoms. The van der Waals surface area contributed by atoms with Gasteiger partial charge in [-0.05, 0) is 83.5 Å². The Morgan fingerprint density at radius 3 is 0.940 bits per heavy atom. The van der Waals surface area contributed by atoms with Crippen LogP contribution in [0.2, 0.25) is 0 Å². The fourth-order valence-corrected chi connectivity index (χ4v) is 12.1. The van der Waals surface area contributed by atoms with E-state index in [0.717, 1.165) is 51.4 Å². The van der Waals surface area contributed by atoms with E-state index in [-0.39, 0.29) is 18.5 Å². The maximum Gasteiger partial charge on any atom is 0.305 e. The zero-order chi connectivity index (χ0) is 60.6. The summed E-state index contributed by atoms with van der Waals surface area (Å²) < 4.78 is 5.51. The zero-order valence-electron chi connectivity index (χ0n) is 56.9.